The Labute approximate surface area is 146 Å². The van der Waals surface area contributed by atoms with E-state index >= 15 is 0 Å². The first-order valence-corrected chi connectivity index (χ1v) is 8.72. The van der Waals surface area contributed by atoms with Crippen molar-refractivity contribution >= 4 is 12.2 Å². The number of hydrogen-bond acceptors (Lipinski definition) is 4. The Kier molecular flexibility index (Phi) is 4.87. The molecule has 0 aliphatic carbocycles. The average molecular weight is 345 g/mol. The molecule has 2 heterocycles. The van der Waals surface area contributed by atoms with Crippen molar-refractivity contribution in [2.24, 2.45) is 5.92 Å². The summed E-state index contributed by atoms with van der Waals surface area (Å²) in [5, 5.41) is 10.4. The number of H-pyrrole nitrogens is 2. The average Bonchev–Trinajstić information content (AvgIpc) is 2.52. The van der Waals surface area contributed by atoms with Gasteiger partial charge in [0.15, 0.2) is 4.77 Å². The van der Waals surface area contributed by atoms with E-state index in [1.54, 1.807) is 0 Å². The van der Waals surface area contributed by atoms with E-state index in [9.17, 15) is 9.90 Å². The van der Waals surface area contributed by atoms with Crippen molar-refractivity contribution in [3.63, 3.8) is 0 Å². The molecule has 0 radical (unpaired) electrons. The van der Waals surface area contributed by atoms with Crippen LogP contribution in [0.3, 0.4) is 0 Å². The van der Waals surface area contributed by atoms with Gasteiger partial charge in [0, 0.05) is 6.54 Å². The maximum atomic E-state index is 12.5. The number of hydrogen-bond donors (Lipinski definition) is 3. The lowest BCUT2D eigenvalue weighted by molar-refractivity contribution is 0.146. The number of likely N-dealkylation sites (tertiary alicyclic amines) is 1. The predicted molar refractivity (Wildman–Crippen MR) is 96.9 cm³/mol. The molecule has 0 unspecified atom stereocenters. The number of benzene rings is 1. The van der Waals surface area contributed by atoms with Crippen LogP contribution in [0.4, 0.5) is 0 Å². The number of aryl methyl sites for hydroxylation is 1. The molecular formula is C18H23N3O2S. The van der Waals surface area contributed by atoms with Crippen molar-refractivity contribution in [3.8, 4) is 5.88 Å². The van der Waals surface area contributed by atoms with Crippen LogP contribution in [0.15, 0.2) is 29.1 Å². The van der Waals surface area contributed by atoms with E-state index < -0.39 is 0 Å². The maximum Gasteiger partial charge on any atom is 0.260 e. The molecule has 3 N–H and O–H groups in total. The molecule has 3 rings (SSSR count). The quantitative estimate of drug-likeness (QED) is 0.747. The summed E-state index contributed by atoms with van der Waals surface area (Å²) in [6.07, 6.45) is 2.28. The van der Waals surface area contributed by atoms with Crippen molar-refractivity contribution in [1.82, 2.24) is 14.9 Å². The normalized spacial score (nSPS) is 20.0. The summed E-state index contributed by atoms with van der Waals surface area (Å²) < 4.78 is 0.135. The van der Waals surface area contributed by atoms with Crippen molar-refractivity contribution in [1.29, 1.82) is 0 Å². The Morgan fingerprint density at radius 1 is 1.29 bits per heavy atom. The van der Waals surface area contributed by atoms with Crippen LogP contribution in [-0.2, 0) is 0 Å². The smallest absolute Gasteiger partial charge is 0.260 e. The zero-order chi connectivity index (χ0) is 17.3. The highest BCUT2D eigenvalue weighted by molar-refractivity contribution is 7.71. The van der Waals surface area contributed by atoms with Crippen molar-refractivity contribution < 1.29 is 5.11 Å². The molecule has 2 atom stereocenters. The molecule has 0 spiro atoms. The van der Waals surface area contributed by atoms with Gasteiger partial charge < -0.3 is 10.1 Å². The Balaban J connectivity index is 2.13. The first-order valence-electron chi connectivity index (χ1n) is 8.32. The third-order valence-electron chi connectivity index (χ3n) is 4.68. The number of aromatic amines is 2. The van der Waals surface area contributed by atoms with E-state index in [-0.39, 0.29) is 22.3 Å². The number of nitrogens with zero attached hydrogens (tertiary/aromatic N) is 1. The lowest BCUT2D eigenvalue weighted by Crippen LogP contribution is -2.40. The number of piperidine rings is 1. The Morgan fingerprint density at radius 2 is 2.00 bits per heavy atom. The number of aromatic hydroxyl groups is 1. The highest BCUT2D eigenvalue weighted by Gasteiger charge is 2.30. The summed E-state index contributed by atoms with van der Waals surface area (Å²) in [6.45, 7) is 6.05. The fourth-order valence-electron chi connectivity index (χ4n) is 3.51. The van der Waals surface area contributed by atoms with Gasteiger partial charge in [-0.1, -0.05) is 36.8 Å². The van der Waals surface area contributed by atoms with Gasteiger partial charge in [-0.3, -0.25) is 14.7 Å². The Hall–Kier alpha value is -1.92. The summed E-state index contributed by atoms with van der Waals surface area (Å²) in [7, 11) is 0. The van der Waals surface area contributed by atoms with Crippen LogP contribution in [-0.4, -0.2) is 33.1 Å². The molecule has 0 saturated carbocycles. The molecule has 1 saturated heterocycles. The first-order chi connectivity index (χ1) is 11.5. The molecule has 0 amide bonds. The van der Waals surface area contributed by atoms with Crippen molar-refractivity contribution in [2.75, 3.05) is 13.1 Å². The molecular weight excluding hydrogens is 322 g/mol. The van der Waals surface area contributed by atoms with E-state index in [0.29, 0.717) is 11.5 Å². The third-order valence-corrected chi connectivity index (χ3v) is 4.88. The van der Waals surface area contributed by atoms with E-state index in [4.69, 9.17) is 12.2 Å². The van der Waals surface area contributed by atoms with Gasteiger partial charge in [-0.05, 0) is 50.0 Å². The second-order valence-corrected chi connectivity index (χ2v) is 7.13. The van der Waals surface area contributed by atoms with Crippen LogP contribution >= 0.6 is 12.2 Å². The van der Waals surface area contributed by atoms with Gasteiger partial charge in [-0.25, -0.2) is 0 Å². The molecule has 1 aliphatic rings. The van der Waals surface area contributed by atoms with Gasteiger partial charge in [-0.15, -0.1) is 0 Å². The molecule has 24 heavy (non-hydrogen) atoms. The van der Waals surface area contributed by atoms with Gasteiger partial charge in [0.2, 0.25) is 5.88 Å². The van der Waals surface area contributed by atoms with Crippen LogP contribution in [0.2, 0.25) is 0 Å². The largest absolute Gasteiger partial charge is 0.494 e. The van der Waals surface area contributed by atoms with E-state index in [2.05, 4.69) is 21.8 Å². The monoisotopic (exact) mass is 345 g/mol. The first kappa shape index (κ1) is 16.9. The summed E-state index contributed by atoms with van der Waals surface area (Å²) in [5.41, 5.74) is 2.16. The summed E-state index contributed by atoms with van der Waals surface area (Å²) >= 11 is 4.96. The van der Waals surface area contributed by atoms with Crippen molar-refractivity contribution in [2.45, 2.75) is 32.7 Å². The molecule has 0 bridgehead atoms. The molecule has 5 nitrogen and oxygen atoms in total. The molecule has 6 heteroatoms. The van der Waals surface area contributed by atoms with Gasteiger partial charge in [0.05, 0.1) is 11.6 Å². The summed E-state index contributed by atoms with van der Waals surface area (Å²) in [4.78, 5) is 20.1. The lowest BCUT2D eigenvalue weighted by Gasteiger charge is -2.37. The number of rotatable bonds is 3. The fourth-order valence-corrected chi connectivity index (χ4v) is 3.70. The minimum atomic E-state index is -0.333. The van der Waals surface area contributed by atoms with Crippen LogP contribution < -0.4 is 5.56 Å². The minimum absolute atomic E-state index is 0.135. The summed E-state index contributed by atoms with van der Waals surface area (Å²) in [6, 6.07) is 7.83. The molecule has 2 aromatic rings. The van der Waals surface area contributed by atoms with Crippen LogP contribution in [0.5, 0.6) is 5.88 Å². The number of aromatic nitrogens is 2. The molecule has 1 fully saturated rings. The maximum absolute atomic E-state index is 12.5. The second-order valence-electron chi connectivity index (χ2n) is 6.73. The summed E-state index contributed by atoms with van der Waals surface area (Å²) in [5.74, 6) is 0.419. The second kappa shape index (κ2) is 6.91. The molecule has 1 aromatic heterocycles. The van der Waals surface area contributed by atoms with E-state index in [1.807, 2.05) is 31.2 Å². The van der Waals surface area contributed by atoms with Gasteiger partial charge >= 0.3 is 0 Å². The van der Waals surface area contributed by atoms with Crippen LogP contribution in [0.25, 0.3) is 0 Å². The SMILES string of the molecule is Cc1ccc([C@@H](c2c(O)[nH]c(=S)[nH]c2=O)N2CCC[C@H](C)C2)cc1. The predicted octanol–water partition coefficient (Wildman–Crippen LogP) is 3.27. The Bertz CT molecular complexity index is 825. The highest BCUT2D eigenvalue weighted by Crippen LogP contribution is 2.33. The van der Waals surface area contributed by atoms with E-state index in [0.717, 1.165) is 30.6 Å². The van der Waals surface area contributed by atoms with E-state index in [1.165, 1.54) is 6.42 Å². The van der Waals surface area contributed by atoms with Crippen molar-refractivity contribution in [3.05, 3.63) is 56.1 Å². The lowest BCUT2D eigenvalue weighted by atomic mass is 9.92. The number of nitrogens with one attached hydrogen (secondary N) is 2. The standard InChI is InChI=1S/C18H23N3O2S/c1-11-5-7-13(8-6-11)15(21-9-3-4-12(2)10-21)14-16(22)19-18(24)20-17(14)23/h5-8,12,15H,3-4,9-10H2,1-2H3,(H3,19,20,22,23,24)/t12-,15-/m0/s1. The topological polar surface area (TPSA) is 72.1 Å². The third kappa shape index (κ3) is 3.44. The van der Waals surface area contributed by atoms with Gasteiger partial charge in [0.1, 0.15) is 0 Å². The van der Waals surface area contributed by atoms with Crippen LogP contribution in [0, 0.1) is 17.6 Å². The Morgan fingerprint density at radius 3 is 2.62 bits per heavy atom. The zero-order valence-electron chi connectivity index (χ0n) is 14.0. The minimum Gasteiger partial charge on any atom is -0.494 e. The fraction of sp³-hybridized carbons (Fsp3) is 0.444. The zero-order valence-corrected chi connectivity index (χ0v) is 14.8. The van der Waals surface area contributed by atoms with Gasteiger partial charge in [-0.2, -0.15) is 0 Å². The highest BCUT2D eigenvalue weighted by atomic mass is 32.1. The molecule has 1 aromatic carbocycles. The molecule has 128 valence electrons. The molecule has 1 aliphatic heterocycles. The van der Waals surface area contributed by atoms with Gasteiger partial charge in [0.25, 0.3) is 5.56 Å². The van der Waals surface area contributed by atoms with Crippen LogP contribution in [0.1, 0.15) is 42.5 Å².